The van der Waals surface area contributed by atoms with Gasteiger partial charge in [0.2, 0.25) is 0 Å². The van der Waals surface area contributed by atoms with E-state index in [9.17, 15) is 9.59 Å². The number of anilines is 1. The van der Waals surface area contributed by atoms with Gasteiger partial charge in [0, 0.05) is 17.9 Å². The first kappa shape index (κ1) is 19.0. The Balaban J connectivity index is 2.09. The van der Waals surface area contributed by atoms with Crippen LogP contribution < -0.4 is 10.2 Å². The van der Waals surface area contributed by atoms with Crippen molar-refractivity contribution in [3.05, 3.63) is 57.9 Å². The van der Waals surface area contributed by atoms with E-state index in [0.717, 1.165) is 34.6 Å². The Morgan fingerprint density at radius 1 is 1.15 bits per heavy atom. The summed E-state index contributed by atoms with van der Waals surface area (Å²) in [6, 6.07) is 7.68. The number of amides is 2. The van der Waals surface area contributed by atoms with Gasteiger partial charge in [-0.05, 0) is 81.7 Å². The molecule has 1 aromatic heterocycles. The third-order valence-electron chi connectivity index (χ3n) is 5.15. The van der Waals surface area contributed by atoms with Crippen molar-refractivity contribution in [2.75, 3.05) is 4.90 Å². The quantitative estimate of drug-likeness (QED) is 0.502. The SMILES string of the molecule is CCn1c(C)cc(C=C2C(=O)NC(=S)N(c3cccc(C)c3C)C2=O)c1C. The van der Waals surface area contributed by atoms with Crippen LogP contribution >= 0.6 is 12.2 Å². The third-order valence-corrected chi connectivity index (χ3v) is 5.43. The van der Waals surface area contributed by atoms with Gasteiger partial charge >= 0.3 is 0 Å². The van der Waals surface area contributed by atoms with Crippen LogP contribution in [0.3, 0.4) is 0 Å². The monoisotopic (exact) mass is 381 g/mol. The Morgan fingerprint density at radius 2 is 1.85 bits per heavy atom. The van der Waals surface area contributed by atoms with Crippen molar-refractivity contribution in [1.29, 1.82) is 0 Å². The molecule has 2 amide bonds. The maximum absolute atomic E-state index is 13.2. The van der Waals surface area contributed by atoms with E-state index in [1.165, 1.54) is 4.90 Å². The topological polar surface area (TPSA) is 54.3 Å². The standard InChI is InChI=1S/C21H23N3O2S/c1-6-23-13(3)10-16(15(23)5)11-17-19(25)22-21(27)24(20(17)26)18-9-7-8-12(2)14(18)4/h7-11H,6H2,1-5H3,(H,22,25,27). The minimum Gasteiger partial charge on any atom is -0.349 e. The minimum atomic E-state index is -0.465. The first-order valence-corrected chi connectivity index (χ1v) is 9.31. The van der Waals surface area contributed by atoms with E-state index in [-0.39, 0.29) is 10.7 Å². The van der Waals surface area contributed by atoms with Gasteiger partial charge in [0.1, 0.15) is 5.57 Å². The fraction of sp³-hybridized carbons (Fsp3) is 0.286. The minimum absolute atomic E-state index is 0.0841. The van der Waals surface area contributed by atoms with E-state index < -0.39 is 11.8 Å². The largest absolute Gasteiger partial charge is 0.349 e. The van der Waals surface area contributed by atoms with Crippen LogP contribution in [0.1, 0.15) is 35.0 Å². The highest BCUT2D eigenvalue weighted by atomic mass is 32.1. The van der Waals surface area contributed by atoms with Gasteiger partial charge in [0.05, 0.1) is 5.69 Å². The Labute approximate surface area is 164 Å². The lowest BCUT2D eigenvalue weighted by atomic mass is 10.0. The van der Waals surface area contributed by atoms with Crippen LogP contribution in [0.4, 0.5) is 5.69 Å². The molecular weight excluding hydrogens is 358 g/mol. The molecule has 1 N–H and O–H groups in total. The van der Waals surface area contributed by atoms with Crippen LogP contribution in [0.5, 0.6) is 0 Å². The summed E-state index contributed by atoms with van der Waals surface area (Å²) in [5.41, 5.74) is 5.75. The highest BCUT2D eigenvalue weighted by Crippen LogP contribution is 2.28. The predicted molar refractivity (Wildman–Crippen MR) is 112 cm³/mol. The molecule has 3 rings (SSSR count). The third kappa shape index (κ3) is 3.21. The Morgan fingerprint density at radius 3 is 2.48 bits per heavy atom. The fourth-order valence-electron chi connectivity index (χ4n) is 3.47. The Bertz CT molecular complexity index is 1000. The molecule has 1 saturated heterocycles. The molecule has 1 aliphatic rings. The number of carbonyl (C=O) groups is 2. The van der Waals surface area contributed by atoms with Gasteiger partial charge in [-0.1, -0.05) is 12.1 Å². The molecule has 0 unspecified atom stereocenters. The lowest BCUT2D eigenvalue weighted by molar-refractivity contribution is -0.122. The smallest absolute Gasteiger partial charge is 0.270 e. The summed E-state index contributed by atoms with van der Waals surface area (Å²) in [5, 5.41) is 2.76. The number of thiocarbonyl (C=S) groups is 1. The summed E-state index contributed by atoms with van der Waals surface area (Å²) in [6.45, 7) is 10.8. The summed E-state index contributed by atoms with van der Waals surface area (Å²) >= 11 is 5.30. The summed E-state index contributed by atoms with van der Waals surface area (Å²) in [7, 11) is 0. The van der Waals surface area contributed by atoms with Gasteiger partial charge < -0.3 is 4.57 Å². The first-order valence-electron chi connectivity index (χ1n) is 8.90. The van der Waals surface area contributed by atoms with Crippen LogP contribution in [-0.4, -0.2) is 21.5 Å². The van der Waals surface area contributed by atoms with Crippen molar-refractivity contribution < 1.29 is 9.59 Å². The van der Waals surface area contributed by atoms with Crippen molar-refractivity contribution in [1.82, 2.24) is 9.88 Å². The molecule has 1 fully saturated rings. The van der Waals surface area contributed by atoms with Crippen LogP contribution in [0.25, 0.3) is 6.08 Å². The molecule has 0 bridgehead atoms. The molecule has 0 saturated carbocycles. The molecular formula is C21H23N3O2S. The normalized spacial score (nSPS) is 16.3. The van der Waals surface area contributed by atoms with Crippen molar-refractivity contribution in [2.45, 2.75) is 41.2 Å². The van der Waals surface area contributed by atoms with Crippen LogP contribution in [-0.2, 0) is 16.1 Å². The lowest BCUT2D eigenvalue weighted by Crippen LogP contribution is -2.54. The molecule has 6 heteroatoms. The Hall–Kier alpha value is -2.73. The summed E-state index contributed by atoms with van der Waals surface area (Å²) < 4.78 is 2.14. The van der Waals surface area contributed by atoms with Gasteiger partial charge in [-0.15, -0.1) is 0 Å². The van der Waals surface area contributed by atoms with Gasteiger partial charge in [-0.2, -0.15) is 0 Å². The summed E-state index contributed by atoms with van der Waals surface area (Å²) in [5.74, 6) is -0.869. The van der Waals surface area contributed by atoms with E-state index in [4.69, 9.17) is 12.2 Å². The molecule has 1 aliphatic heterocycles. The second-order valence-electron chi connectivity index (χ2n) is 6.75. The number of rotatable bonds is 3. The van der Waals surface area contributed by atoms with Crippen LogP contribution in [0, 0.1) is 27.7 Å². The fourth-order valence-corrected chi connectivity index (χ4v) is 3.74. The van der Waals surface area contributed by atoms with Gasteiger partial charge in [0.25, 0.3) is 11.8 Å². The predicted octanol–water partition coefficient (Wildman–Crippen LogP) is 3.57. The lowest BCUT2D eigenvalue weighted by Gasteiger charge is -2.30. The number of aromatic nitrogens is 1. The Kier molecular flexibility index (Phi) is 5.02. The van der Waals surface area contributed by atoms with E-state index in [2.05, 4.69) is 16.8 Å². The molecule has 2 aromatic rings. The van der Waals surface area contributed by atoms with Gasteiger partial charge in [-0.3, -0.25) is 19.8 Å². The highest BCUT2D eigenvalue weighted by Gasteiger charge is 2.35. The van der Waals surface area contributed by atoms with Crippen molar-refractivity contribution in [3.63, 3.8) is 0 Å². The van der Waals surface area contributed by atoms with Crippen LogP contribution in [0.2, 0.25) is 0 Å². The zero-order chi connectivity index (χ0) is 19.9. The average Bonchev–Trinajstić information content (AvgIpc) is 2.88. The van der Waals surface area contributed by atoms with E-state index >= 15 is 0 Å². The molecule has 2 heterocycles. The average molecular weight is 382 g/mol. The van der Waals surface area contributed by atoms with Crippen molar-refractivity contribution in [3.8, 4) is 0 Å². The second kappa shape index (κ2) is 7.12. The van der Waals surface area contributed by atoms with Gasteiger partial charge in [-0.25, -0.2) is 0 Å². The zero-order valence-corrected chi connectivity index (χ0v) is 17.0. The first-order chi connectivity index (χ1) is 12.8. The summed E-state index contributed by atoms with van der Waals surface area (Å²) in [4.78, 5) is 27.1. The van der Waals surface area contributed by atoms with E-state index in [0.29, 0.717) is 5.69 Å². The molecule has 0 atom stereocenters. The van der Waals surface area contributed by atoms with E-state index in [1.807, 2.05) is 52.0 Å². The van der Waals surface area contributed by atoms with Crippen molar-refractivity contribution in [2.24, 2.45) is 0 Å². The molecule has 5 nitrogen and oxygen atoms in total. The zero-order valence-electron chi connectivity index (χ0n) is 16.2. The van der Waals surface area contributed by atoms with Crippen molar-refractivity contribution >= 4 is 40.9 Å². The maximum atomic E-state index is 13.2. The number of benzene rings is 1. The molecule has 1 aromatic carbocycles. The maximum Gasteiger partial charge on any atom is 0.270 e. The van der Waals surface area contributed by atoms with Crippen LogP contribution in [0.15, 0.2) is 29.8 Å². The number of hydrogen-bond acceptors (Lipinski definition) is 3. The highest BCUT2D eigenvalue weighted by molar-refractivity contribution is 7.80. The number of carbonyl (C=O) groups excluding carboxylic acids is 2. The second-order valence-corrected chi connectivity index (χ2v) is 7.13. The molecule has 0 aliphatic carbocycles. The van der Waals surface area contributed by atoms with Gasteiger partial charge in [0.15, 0.2) is 5.11 Å². The molecule has 140 valence electrons. The summed E-state index contributed by atoms with van der Waals surface area (Å²) in [6.07, 6.45) is 1.66. The molecule has 0 radical (unpaired) electrons. The molecule has 0 spiro atoms. The number of aryl methyl sites for hydroxylation is 2. The number of hydrogen-bond donors (Lipinski definition) is 1. The molecule has 27 heavy (non-hydrogen) atoms. The van der Waals surface area contributed by atoms with E-state index in [1.54, 1.807) is 6.08 Å². The number of nitrogens with one attached hydrogen (secondary N) is 1. The number of nitrogens with zero attached hydrogens (tertiary/aromatic N) is 2.